The number of aliphatic carboxylic acids is 1. The lowest BCUT2D eigenvalue weighted by Gasteiger charge is -2.57. The van der Waals surface area contributed by atoms with Gasteiger partial charge in [-0.2, -0.15) is 0 Å². The van der Waals surface area contributed by atoms with Crippen molar-refractivity contribution in [2.45, 2.75) is 18.4 Å². The van der Waals surface area contributed by atoms with Gasteiger partial charge in [-0.05, 0) is 18.3 Å². The number of rotatable bonds is 1. The van der Waals surface area contributed by atoms with Crippen LogP contribution in [0.15, 0.2) is 0 Å². The van der Waals surface area contributed by atoms with Gasteiger partial charge in [-0.15, -0.1) is 12.4 Å². The molecular weight excluding hydrogens is 180 g/mol. The predicted molar refractivity (Wildman–Crippen MR) is 46.3 cm³/mol. The summed E-state index contributed by atoms with van der Waals surface area (Å²) >= 11 is 0. The summed E-state index contributed by atoms with van der Waals surface area (Å²) in [6.45, 7) is 1.89. The summed E-state index contributed by atoms with van der Waals surface area (Å²) in [5.74, 6) is -0.852. The lowest BCUT2D eigenvalue weighted by Crippen LogP contribution is -2.72. The Morgan fingerprint density at radius 1 is 1.42 bits per heavy atom. The number of carbonyl (C=O) groups is 1. The second-order valence-electron chi connectivity index (χ2n) is 3.92. The molecule has 4 N–H and O–H groups in total. The van der Waals surface area contributed by atoms with Crippen LogP contribution in [-0.2, 0) is 4.79 Å². The van der Waals surface area contributed by atoms with Crippen molar-refractivity contribution in [3.63, 3.8) is 0 Å². The van der Waals surface area contributed by atoms with E-state index >= 15 is 0 Å². The topological polar surface area (TPSA) is 75.4 Å². The molecule has 1 aliphatic heterocycles. The summed E-state index contributed by atoms with van der Waals surface area (Å²) < 4.78 is 0. The van der Waals surface area contributed by atoms with E-state index in [1.54, 1.807) is 0 Å². The molecular formula is C7H13ClN2O2. The van der Waals surface area contributed by atoms with E-state index in [0.717, 1.165) is 13.1 Å². The van der Waals surface area contributed by atoms with Crippen molar-refractivity contribution >= 4 is 18.4 Å². The molecule has 0 atom stereocenters. The smallest absolute Gasteiger partial charge is 0.323 e. The number of hydrogen-bond acceptors (Lipinski definition) is 3. The van der Waals surface area contributed by atoms with E-state index < -0.39 is 11.5 Å². The first-order valence-corrected chi connectivity index (χ1v) is 3.79. The first-order valence-electron chi connectivity index (χ1n) is 3.79. The minimum atomic E-state index is -0.915. The molecule has 0 unspecified atom stereocenters. The van der Waals surface area contributed by atoms with E-state index in [0.29, 0.717) is 12.8 Å². The Balaban J connectivity index is 0.000000720. The van der Waals surface area contributed by atoms with E-state index in [1.165, 1.54) is 0 Å². The van der Waals surface area contributed by atoms with Gasteiger partial charge in [0.05, 0.1) is 0 Å². The molecule has 0 radical (unpaired) electrons. The predicted octanol–water partition coefficient (Wildman–Crippen LogP) is -0.426. The van der Waals surface area contributed by atoms with Gasteiger partial charge in [0.15, 0.2) is 0 Å². The van der Waals surface area contributed by atoms with Gasteiger partial charge in [-0.25, -0.2) is 0 Å². The highest BCUT2D eigenvalue weighted by atomic mass is 35.5. The van der Waals surface area contributed by atoms with Crippen LogP contribution in [0.2, 0.25) is 0 Å². The molecule has 4 nitrogen and oxygen atoms in total. The second-order valence-corrected chi connectivity index (χ2v) is 3.92. The zero-order valence-corrected chi connectivity index (χ0v) is 7.49. The van der Waals surface area contributed by atoms with E-state index in [1.807, 2.05) is 0 Å². The number of nitrogens with two attached hydrogens (primary N) is 1. The van der Waals surface area contributed by atoms with Gasteiger partial charge < -0.3 is 16.2 Å². The molecule has 12 heavy (non-hydrogen) atoms. The Hall–Kier alpha value is -0.320. The Morgan fingerprint density at radius 2 is 1.92 bits per heavy atom. The van der Waals surface area contributed by atoms with Gasteiger partial charge in [0.25, 0.3) is 0 Å². The Labute approximate surface area is 76.9 Å². The van der Waals surface area contributed by atoms with Gasteiger partial charge in [0.2, 0.25) is 0 Å². The summed E-state index contributed by atoms with van der Waals surface area (Å²) in [5, 5.41) is 11.8. The molecule has 5 heteroatoms. The Bertz CT molecular complexity index is 207. The molecule has 70 valence electrons. The fraction of sp³-hybridized carbons (Fsp3) is 0.857. The number of hydrogen-bond donors (Lipinski definition) is 3. The maximum Gasteiger partial charge on any atom is 0.323 e. The van der Waals surface area contributed by atoms with Crippen molar-refractivity contribution < 1.29 is 9.90 Å². The summed E-state index contributed by atoms with van der Waals surface area (Å²) in [5.41, 5.74) is 4.93. The highest BCUT2D eigenvalue weighted by molar-refractivity contribution is 5.85. The highest BCUT2D eigenvalue weighted by Gasteiger charge is 2.59. The zero-order chi connectivity index (χ0) is 8.11. The molecule has 0 aromatic carbocycles. The quantitative estimate of drug-likeness (QED) is 0.527. The third-order valence-corrected chi connectivity index (χ3v) is 2.81. The third-order valence-electron chi connectivity index (χ3n) is 2.81. The monoisotopic (exact) mass is 192 g/mol. The van der Waals surface area contributed by atoms with Crippen molar-refractivity contribution in [1.82, 2.24) is 5.32 Å². The molecule has 2 rings (SSSR count). The molecule has 0 bridgehead atoms. The molecule has 1 saturated carbocycles. The van der Waals surface area contributed by atoms with Crippen LogP contribution in [0.3, 0.4) is 0 Å². The van der Waals surface area contributed by atoms with Gasteiger partial charge in [-0.3, -0.25) is 4.79 Å². The molecule has 0 aromatic rings. The van der Waals surface area contributed by atoms with Gasteiger partial charge in [0.1, 0.15) is 5.54 Å². The first-order chi connectivity index (χ1) is 5.06. The second kappa shape index (κ2) is 2.58. The van der Waals surface area contributed by atoms with Crippen LogP contribution < -0.4 is 11.1 Å². The number of nitrogens with one attached hydrogen (secondary N) is 1. The van der Waals surface area contributed by atoms with E-state index in [4.69, 9.17) is 10.8 Å². The van der Waals surface area contributed by atoms with E-state index in [9.17, 15) is 4.79 Å². The van der Waals surface area contributed by atoms with Crippen LogP contribution in [0.5, 0.6) is 0 Å². The number of halogens is 1. The fourth-order valence-corrected chi connectivity index (χ4v) is 2.17. The summed E-state index contributed by atoms with van der Waals surface area (Å²) in [6.07, 6.45) is 1.28. The molecule has 1 heterocycles. The molecule has 0 amide bonds. The average molecular weight is 193 g/mol. The van der Waals surface area contributed by atoms with Crippen molar-refractivity contribution in [2.24, 2.45) is 11.1 Å². The van der Waals surface area contributed by atoms with Crippen LogP contribution in [-0.4, -0.2) is 29.7 Å². The zero-order valence-electron chi connectivity index (χ0n) is 6.67. The minimum absolute atomic E-state index is 0. The van der Waals surface area contributed by atoms with Crippen LogP contribution in [0.1, 0.15) is 12.8 Å². The van der Waals surface area contributed by atoms with Crippen molar-refractivity contribution in [1.29, 1.82) is 0 Å². The van der Waals surface area contributed by atoms with Crippen LogP contribution >= 0.6 is 12.4 Å². The first kappa shape index (κ1) is 9.77. The molecule has 1 aliphatic carbocycles. The normalized spacial score (nSPS) is 28.1. The van der Waals surface area contributed by atoms with Crippen molar-refractivity contribution in [2.75, 3.05) is 13.1 Å². The summed E-state index contributed by atoms with van der Waals surface area (Å²) in [6, 6.07) is 0. The highest BCUT2D eigenvalue weighted by Crippen LogP contribution is 2.49. The summed E-state index contributed by atoms with van der Waals surface area (Å²) in [7, 11) is 0. The van der Waals surface area contributed by atoms with Crippen LogP contribution in [0.4, 0.5) is 0 Å². The van der Waals surface area contributed by atoms with Crippen LogP contribution in [0.25, 0.3) is 0 Å². The van der Waals surface area contributed by atoms with Crippen LogP contribution in [0, 0.1) is 5.41 Å². The maximum absolute atomic E-state index is 10.6. The Morgan fingerprint density at radius 3 is 2.17 bits per heavy atom. The largest absolute Gasteiger partial charge is 0.480 e. The SMILES string of the molecule is Cl.NC1(C(=O)O)CC2(CNC2)C1. The standard InChI is InChI=1S/C7H12N2O2.ClH/c8-7(5(10)11)1-6(2-7)3-9-4-6;/h9H,1-4,8H2,(H,10,11);1H. The average Bonchev–Trinajstić information content (AvgIpc) is 1.75. The molecule has 2 fully saturated rings. The Kier molecular flexibility index (Phi) is 2.10. The maximum atomic E-state index is 10.6. The van der Waals surface area contributed by atoms with E-state index in [-0.39, 0.29) is 17.8 Å². The number of carboxylic acid groups (broad SMARTS) is 1. The van der Waals surface area contributed by atoms with E-state index in [2.05, 4.69) is 5.32 Å². The van der Waals surface area contributed by atoms with Gasteiger partial charge in [0, 0.05) is 13.1 Å². The van der Waals surface area contributed by atoms with Gasteiger partial charge in [-0.1, -0.05) is 0 Å². The molecule has 1 saturated heterocycles. The van der Waals surface area contributed by atoms with Crippen molar-refractivity contribution in [3.8, 4) is 0 Å². The molecule has 1 spiro atoms. The summed E-state index contributed by atoms with van der Waals surface area (Å²) in [4.78, 5) is 10.6. The number of carboxylic acids is 1. The van der Waals surface area contributed by atoms with Gasteiger partial charge >= 0.3 is 5.97 Å². The van der Waals surface area contributed by atoms with Crippen molar-refractivity contribution in [3.05, 3.63) is 0 Å². The molecule has 0 aromatic heterocycles. The lowest BCUT2D eigenvalue weighted by atomic mass is 9.55. The fourth-order valence-electron chi connectivity index (χ4n) is 2.17. The third kappa shape index (κ3) is 1.11. The lowest BCUT2D eigenvalue weighted by molar-refractivity contribution is -0.156. The minimum Gasteiger partial charge on any atom is -0.480 e. The molecule has 2 aliphatic rings.